The number of aryl methyl sites for hydroxylation is 3. The van der Waals surface area contributed by atoms with Gasteiger partial charge in [-0.3, -0.25) is 14.5 Å². The number of anilines is 1. The number of thiazole rings is 1. The molecule has 0 spiro atoms. The normalized spacial score (nSPS) is 17.6. The number of halogens is 1. The predicted molar refractivity (Wildman–Crippen MR) is 131 cm³/mol. The van der Waals surface area contributed by atoms with Crippen molar-refractivity contribution in [2.75, 3.05) is 4.90 Å². The van der Waals surface area contributed by atoms with E-state index in [0.29, 0.717) is 10.7 Å². The summed E-state index contributed by atoms with van der Waals surface area (Å²) in [6.07, 6.45) is 0. The molecule has 0 saturated carbocycles. The summed E-state index contributed by atoms with van der Waals surface area (Å²) < 4.78 is 14.4. The maximum absolute atomic E-state index is 13.5. The number of nitrogens with zero attached hydrogens (tertiary/aromatic N) is 2. The number of hydrogen-bond donors (Lipinski definition) is 1. The van der Waals surface area contributed by atoms with E-state index in [1.807, 2.05) is 57.2 Å². The van der Waals surface area contributed by atoms with Gasteiger partial charge in [0, 0.05) is 5.56 Å². The molecule has 1 aromatic heterocycles. The molecule has 4 aromatic rings. The Morgan fingerprint density at radius 3 is 2.32 bits per heavy atom. The lowest BCUT2D eigenvalue weighted by atomic mass is 9.95. The van der Waals surface area contributed by atoms with E-state index in [1.165, 1.54) is 40.5 Å². The second-order valence-corrected chi connectivity index (χ2v) is 9.52. The molecule has 5 nitrogen and oxygen atoms in total. The average Bonchev–Trinajstić information content (AvgIpc) is 3.33. The molecule has 0 aliphatic carbocycles. The summed E-state index contributed by atoms with van der Waals surface area (Å²) in [6.45, 7) is 5.89. The number of rotatable bonds is 3. The van der Waals surface area contributed by atoms with Crippen LogP contribution in [-0.2, 0) is 9.59 Å². The van der Waals surface area contributed by atoms with E-state index < -0.39 is 23.5 Å². The molecule has 0 bridgehead atoms. The van der Waals surface area contributed by atoms with Gasteiger partial charge in [-0.2, -0.15) is 0 Å². The van der Waals surface area contributed by atoms with Crippen molar-refractivity contribution in [3.8, 4) is 0 Å². The standard InChI is InChI=1S/C27H21FN2O3S/c1-14-4-6-17(7-5-14)23-21(24(31)18-8-10-19(28)11-9-18)25(32)26(33)30(23)27-29-22-16(3)12-15(2)13-20(22)34-27/h4-13,23,31H,1-3H3/b24-21+/t23-/m1/s1. The summed E-state index contributed by atoms with van der Waals surface area (Å²) in [4.78, 5) is 32.6. The largest absolute Gasteiger partial charge is 0.507 e. The monoisotopic (exact) mass is 472 g/mol. The second-order valence-electron chi connectivity index (χ2n) is 8.51. The number of hydrogen-bond acceptors (Lipinski definition) is 5. The molecule has 1 saturated heterocycles. The summed E-state index contributed by atoms with van der Waals surface area (Å²) in [6, 6.07) is 15.8. The van der Waals surface area contributed by atoms with Crippen molar-refractivity contribution in [3.63, 3.8) is 0 Å². The molecular formula is C27H21FN2O3S. The lowest BCUT2D eigenvalue weighted by molar-refractivity contribution is -0.132. The molecule has 170 valence electrons. The van der Waals surface area contributed by atoms with E-state index in [1.54, 1.807) is 0 Å². The Hall–Kier alpha value is -3.84. The van der Waals surface area contributed by atoms with E-state index in [2.05, 4.69) is 0 Å². The highest BCUT2D eigenvalue weighted by Gasteiger charge is 2.48. The maximum atomic E-state index is 13.5. The highest BCUT2D eigenvalue weighted by atomic mass is 32.1. The third kappa shape index (κ3) is 3.58. The highest BCUT2D eigenvalue weighted by molar-refractivity contribution is 7.22. The fraction of sp³-hybridized carbons (Fsp3) is 0.148. The molecule has 1 N–H and O–H groups in total. The Morgan fingerprint density at radius 1 is 0.971 bits per heavy atom. The average molecular weight is 473 g/mol. The zero-order valence-electron chi connectivity index (χ0n) is 18.8. The maximum Gasteiger partial charge on any atom is 0.301 e. The van der Waals surface area contributed by atoms with Crippen molar-refractivity contribution < 1.29 is 19.1 Å². The van der Waals surface area contributed by atoms with Gasteiger partial charge in [-0.15, -0.1) is 0 Å². The van der Waals surface area contributed by atoms with Gasteiger partial charge in [0.15, 0.2) is 5.13 Å². The summed E-state index contributed by atoms with van der Waals surface area (Å²) in [5, 5.41) is 11.5. The fourth-order valence-electron chi connectivity index (χ4n) is 4.32. The molecule has 5 rings (SSSR count). The summed E-state index contributed by atoms with van der Waals surface area (Å²) in [5.41, 5.74) is 4.72. The number of carbonyl (C=O) groups excluding carboxylic acids is 2. The van der Waals surface area contributed by atoms with Crippen molar-refractivity contribution in [1.82, 2.24) is 4.98 Å². The van der Waals surface area contributed by atoms with E-state index in [9.17, 15) is 19.1 Å². The van der Waals surface area contributed by atoms with Crippen LogP contribution in [0.25, 0.3) is 16.0 Å². The molecule has 3 aromatic carbocycles. The molecule has 1 fully saturated rings. The van der Waals surface area contributed by atoms with E-state index in [0.717, 1.165) is 26.9 Å². The number of aliphatic hydroxyl groups is 1. The van der Waals surface area contributed by atoms with Crippen LogP contribution in [0.15, 0.2) is 66.2 Å². The first-order valence-corrected chi connectivity index (χ1v) is 11.6. The molecule has 7 heteroatoms. The Labute approximate surface area is 199 Å². The number of aliphatic hydroxyl groups excluding tert-OH is 1. The smallest absolute Gasteiger partial charge is 0.301 e. The third-order valence-electron chi connectivity index (χ3n) is 5.98. The third-order valence-corrected chi connectivity index (χ3v) is 6.98. The minimum absolute atomic E-state index is 0.0485. The minimum atomic E-state index is -0.868. The second kappa shape index (κ2) is 8.18. The van der Waals surface area contributed by atoms with Crippen LogP contribution in [0.2, 0.25) is 0 Å². The fourth-order valence-corrected chi connectivity index (χ4v) is 5.49. The van der Waals surface area contributed by atoms with Crippen molar-refractivity contribution >= 4 is 44.1 Å². The van der Waals surface area contributed by atoms with E-state index in [4.69, 9.17) is 4.98 Å². The van der Waals surface area contributed by atoms with Gasteiger partial charge in [-0.25, -0.2) is 9.37 Å². The first kappa shape index (κ1) is 22.0. The van der Waals surface area contributed by atoms with Crippen molar-refractivity contribution in [3.05, 3.63) is 99.9 Å². The molecule has 1 aliphatic rings. The van der Waals surface area contributed by atoms with Gasteiger partial charge in [-0.05, 0) is 67.8 Å². The molecular weight excluding hydrogens is 451 g/mol. The summed E-state index contributed by atoms with van der Waals surface area (Å²) in [7, 11) is 0. The lowest BCUT2D eigenvalue weighted by Gasteiger charge is -2.23. The molecule has 0 radical (unpaired) electrons. The first-order valence-electron chi connectivity index (χ1n) is 10.8. The SMILES string of the molecule is Cc1ccc([C@@H]2/C(=C(\O)c3ccc(F)cc3)C(=O)C(=O)N2c2nc3c(C)cc(C)cc3s2)cc1. The number of aromatic nitrogens is 1. The van der Waals surface area contributed by atoms with Gasteiger partial charge in [0.05, 0.1) is 21.8 Å². The molecule has 0 unspecified atom stereocenters. The van der Waals surface area contributed by atoms with Crippen LogP contribution in [0.5, 0.6) is 0 Å². The Bertz CT molecular complexity index is 1490. The van der Waals surface area contributed by atoms with Crippen LogP contribution in [-0.4, -0.2) is 21.8 Å². The zero-order chi connectivity index (χ0) is 24.1. The quantitative estimate of drug-likeness (QED) is 0.226. The van der Waals surface area contributed by atoms with Crippen LogP contribution in [0.1, 0.15) is 33.9 Å². The Balaban J connectivity index is 1.74. The van der Waals surface area contributed by atoms with Crippen molar-refractivity contribution in [2.24, 2.45) is 0 Å². The minimum Gasteiger partial charge on any atom is -0.507 e. The van der Waals surface area contributed by atoms with Gasteiger partial charge in [-0.1, -0.05) is 47.2 Å². The number of Topliss-reactive ketones (excluding diaryl/α,β-unsaturated/α-hetero) is 1. The van der Waals surface area contributed by atoms with Crippen molar-refractivity contribution in [1.29, 1.82) is 0 Å². The number of fused-ring (bicyclic) bond motifs is 1. The van der Waals surface area contributed by atoms with Gasteiger partial charge in [0.2, 0.25) is 0 Å². The number of carbonyl (C=O) groups is 2. The van der Waals surface area contributed by atoms with Crippen molar-refractivity contribution in [2.45, 2.75) is 26.8 Å². The van der Waals surface area contributed by atoms with Crippen LogP contribution < -0.4 is 4.90 Å². The summed E-state index contributed by atoms with van der Waals surface area (Å²) in [5.74, 6) is -2.38. The van der Waals surface area contributed by atoms with E-state index >= 15 is 0 Å². The van der Waals surface area contributed by atoms with Crippen LogP contribution >= 0.6 is 11.3 Å². The molecule has 34 heavy (non-hydrogen) atoms. The molecule has 1 atom stereocenters. The Morgan fingerprint density at radius 2 is 1.65 bits per heavy atom. The Kier molecular flexibility index (Phi) is 5.29. The van der Waals surface area contributed by atoms with Crippen LogP contribution in [0, 0.1) is 26.6 Å². The summed E-state index contributed by atoms with van der Waals surface area (Å²) >= 11 is 1.33. The number of amides is 1. The predicted octanol–water partition coefficient (Wildman–Crippen LogP) is 5.99. The molecule has 1 amide bonds. The number of ketones is 1. The van der Waals surface area contributed by atoms with Gasteiger partial charge >= 0.3 is 5.91 Å². The van der Waals surface area contributed by atoms with Gasteiger partial charge < -0.3 is 5.11 Å². The zero-order valence-corrected chi connectivity index (χ0v) is 19.6. The highest BCUT2D eigenvalue weighted by Crippen LogP contribution is 2.44. The van der Waals surface area contributed by atoms with Gasteiger partial charge in [0.25, 0.3) is 5.78 Å². The number of benzene rings is 3. The molecule has 1 aliphatic heterocycles. The van der Waals surface area contributed by atoms with Gasteiger partial charge in [0.1, 0.15) is 11.6 Å². The first-order chi connectivity index (χ1) is 16.2. The van der Waals surface area contributed by atoms with Crippen LogP contribution in [0.3, 0.4) is 0 Å². The van der Waals surface area contributed by atoms with E-state index in [-0.39, 0.29) is 16.9 Å². The molecule has 2 heterocycles. The topological polar surface area (TPSA) is 70.5 Å². The van der Waals surface area contributed by atoms with Crippen LogP contribution in [0.4, 0.5) is 9.52 Å². The lowest BCUT2D eigenvalue weighted by Crippen LogP contribution is -2.29.